The third-order valence-electron chi connectivity index (χ3n) is 4.78. The molecular formula is C17H17N5O3. The molecule has 2 aliphatic rings. The van der Waals surface area contributed by atoms with Crippen LogP contribution in [0.1, 0.15) is 59.8 Å². The van der Waals surface area contributed by atoms with Crippen LogP contribution < -0.4 is 0 Å². The summed E-state index contributed by atoms with van der Waals surface area (Å²) < 4.78 is 10.8. The van der Waals surface area contributed by atoms with Gasteiger partial charge in [-0.15, -0.1) is 0 Å². The largest absolute Gasteiger partial charge is 0.463 e. The molecule has 0 spiro atoms. The zero-order valence-electron chi connectivity index (χ0n) is 13.5. The molecule has 1 amide bonds. The minimum absolute atomic E-state index is 0.136. The van der Waals surface area contributed by atoms with Gasteiger partial charge in [0, 0.05) is 18.5 Å². The fourth-order valence-corrected chi connectivity index (χ4v) is 3.29. The molecule has 1 aliphatic carbocycles. The number of H-pyrrole nitrogens is 1. The van der Waals surface area contributed by atoms with Crippen molar-refractivity contribution in [2.24, 2.45) is 0 Å². The molecule has 8 nitrogen and oxygen atoms in total. The SMILES string of the molecule is O=C(c1cc(-c2ccco2)[nH]n1)N1CCCC1c1nc(C2CC2)no1. The molecule has 1 aliphatic heterocycles. The lowest BCUT2D eigenvalue weighted by Gasteiger charge is -2.20. The van der Waals surface area contributed by atoms with E-state index in [2.05, 4.69) is 20.3 Å². The highest BCUT2D eigenvalue weighted by atomic mass is 16.5. The summed E-state index contributed by atoms with van der Waals surface area (Å²) in [5.74, 6) is 2.26. The first-order chi connectivity index (χ1) is 12.3. The van der Waals surface area contributed by atoms with E-state index in [0.29, 0.717) is 35.5 Å². The monoisotopic (exact) mass is 339 g/mol. The van der Waals surface area contributed by atoms with Gasteiger partial charge in [-0.3, -0.25) is 9.89 Å². The fourth-order valence-electron chi connectivity index (χ4n) is 3.29. The van der Waals surface area contributed by atoms with Crippen LogP contribution in [0.2, 0.25) is 0 Å². The van der Waals surface area contributed by atoms with E-state index in [9.17, 15) is 4.79 Å². The number of aromatic amines is 1. The predicted molar refractivity (Wildman–Crippen MR) is 85.6 cm³/mol. The lowest BCUT2D eigenvalue weighted by atomic mass is 10.2. The molecule has 2 fully saturated rings. The van der Waals surface area contributed by atoms with Gasteiger partial charge in [-0.2, -0.15) is 10.1 Å². The van der Waals surface area contributed by atoms with Gasteiger partial charge in [-0.05, 0) is 37.8 Å². The summed E-state index contributed by atoms with van der Waals surface area (Å²) in [6, 6.07) is 5.15. The Kier molecular flexibility index (Phi) is 3.22. The van der Waals surface area contributed by atoms with Crippen LogP contribution >= 0.6 is 0 Å². The first-order valence-corrected chi connectivity index (χ1v) is 8.53. The lowest BCUT2D eigenvalue weighted by molar-refractivity contribution is 0.0704. The molecule has 1 saturated heterocycles. The highest BCUT2D eigenvalue weighted by Gasteiger charge is 2.37. The quantitative estimate of drug-likeness (QED) is 0.784. The van der Waals surface area contributed by atoms with E-state index in [0.717, 1.165) is 31.5 Å². The minimum Gasteiger partial charge on any atom is -0.463 e. The van der Waals surface area contributed by atoms with Gasteiger partial charge in [0.2, 0.25) is 5.89 Å². The molecule has 3 aromatic heterocycles. The summed E-state index contributed by atoms with van der Waals surface area (Å²) in [5.41, 5.74) is 1.04. The van der Waals surface area contributed by atoms with E-state index in [4.69, 9.17) is 8.94 Å². The number of furan rings is 1. The number of rotatable bonds is 4. The van der Waals surface area contributed by atoms with E-state index < -0.39 is 0 Å². The molecule has 1 N–H and O–H groups in total. The van der Waals surface area contributed by atoms with Gasteiger partial charge in [-0.25, -0.2) is 0 Å². The van der Waals surface area contributed by atoms with E-state index in [1.54, 1.807) is 23.3 Å². The Bertz CT molecular complexity index is 893. The van der Waals surface area contributed by atoms with Gasteiger partial charge >= 0.3 is 0 Å². The van der Waals surface area contributed by atoms with Crippen LogP contribution in [0, 0.1) is 0 Å². The summed E-state index contributed by atoms with van der Waals surface area (Å²) >= 11 is 0. The van der Waals surface area contributed by atoms with E-state index >= 15 is 0 Å². The molecule has 25 heavy (non-hydrogen) atoms. The van der Waals surface area contributed by atoms with Crippen molar-refractivity contribution in [2.45, 2.75) is 37.6 Å². The van der Waals surface area contributed by atoms with Crippen LogP contribution in [0.3, 0.4) is 0 Å². The standard InChI is InChI=1S/C17H17N5O3/c23-17(12-9-11(19-20-12)14-4-2-8-24-14)22-7-1-3-13(22)16-18-15(21-25-16)10-5-6-10/h2,4,8-10,13H,1,3,5-7H2,(H,19,20). The molecule has 0 aromatic carbocycles. The fraction of sp³-hybridized carbons (Fsp3) is 0.412. The molecule has 1 atom stereocenters. The Labute approximate surface area is 143 Å². The average Bonchev–Trinajstić information content (AvgIpc) is 3.16. The van der Waals surface area contributed by atoms with Gasteiger partial charge in [0.1, 0.15) is 11.7 Å². The number of carbonyl (C=O) groups is 1. The molecular weight excluding hydrogens is 322 g/mol. The summed E-state index contributed by atoms with van der Waals surface area (Å²) in [6.07, 6.45) is 5.56. The van der Waals surface area contributed by atoms with Crippen molar-refractivity contribution >= 4 is 5.91 Å². The summed E-state index contributed by atoms with van der Waals surface area (Å²) in [6.45, 7) is 0.660. The van der Waals surface area contributed by atoms with Crippen molar-refractivity contribution in [3.63, 3.8) is 0 Å². The Hall–Kier alpha value is -2.90. The average molecular weight is 339 g/mol. The molecule has 128 valence electrons. The number of likely N-dealkylation sites (tertiary alicyclic amines) is 1. The van der Waals surface area contributed by atoms with Gasteiger partial charge in [0.15, 0.2) is 17.3 Å². The van der Waals surface area contributed by atoms with Crippen molar-refractivity contribution in [1.82, 2.24) is 25.2 Å². The molecule has 5 rings (SSSR count). The van der Waals surface area contributed by atoms with Crippen LogP contribution in [0.15, 0.2) is 33.4 Å². The van der Waals surface area contributed by atoms with Crippen LogP contribution in [0.4, 0.5) is 0 Å². The van der Waals surface area contributed by atoms with Crippen LogP contribution in [0.5, 0.6) is 0 Å². The van der Waals surface area contributed by atoms with Gasteiger partial charge in [0.05, 0.1) is 6.26 Å². The molecule has 3 aromatic rings. The molecule has 0 radical (unpaired) electrons. The lowest BCUT2D eigenvalue weighted by Crippen LogP contribution is -2.31. The first kappa shape index (κ1) is 14.4. The van der Waals surface area contributed by atoms with Gasteiger partial charge in [0.25, 0.3) is 5.91 Å². The second-order valence-corrected chi connectivity index (χ2v) is 6.57. The summed E-state index contributed by atoms with van der Waals surface area (Å²) in [4.78, 5) is 19.2. The maximum absolute atomic E-state index is 12.9. The van der Waals surface area contributed by atoms with Crippen molar-refractivity contribution in [3.05, 3.63) is 41.9 Å². The molecule has 1 unspecified atom stereocenters. The zero-order chi connectivity index (χ0) is 16.8. The second-order valence-electron chi connectivity index (χ2n) is 6.57. The normalized spacial score (nSPS) is 20.3. The number of carbonyl (C=O) groups excluding carboxylic acids is 1. The van der Waals surface area contributed by atoms with Crippen molar-refractivity contribution in [1.29, 1.82) is 0 Å². The number of nitrogens with zero attached hydrogens (tertiary/aromatic N) is 4. The molecule has 8 heteroatoms. The third-order valence-corrected chi connectivity index (χ3v) is 4.78. The Morgan fingerprint density at radius 2 is 2.24 bits per heavy atom. The topological polar surface area (TPSA) is 101 Å². The van der Waals surface area contributed by atoms with Gasteiger partial charge in [-0.1, -0.05) is 5.16 Å². The smallest absolute Gasteiger partial charge is 0.275 e. The predicted octanol–water partition coefficient (Wildman–Crippen LogP) is 2.91. The zero-order valence-corrected chi connectivity index (χ0v) is 13.5. The van der Waals surface area contributed by atoms with Crippen LogP contribution in [-0.4, -0.2) is 37.7 Å². The number of amides is 1. The molecule has 0 bridgehead atoms. The minimum atomic E-state index is -0.170. The number of hydrogen-bond acceptors (Lipinski definition) is 6. The summed E-state index contributed by atoms with van der Waals surface area (Å²) in [5, 5.41) is 11.1. The maximum Gasteiger partial charge on any atom is 0.275 e. The Morgan fingerprint density at radius 1 is 1.32 bits per heavy atom. The Balaban J connectivity index is 1.38. The van der Waals surface area contributed by atoms with E-state index in [1.807, 2.05) is 6.07 Å². The highest BCUT2D eigenvalue weighted by molar-refractivity contribution is 5.93. The molecule has 4 heterocycles. The number of aromatic nitrogens is 4. The van der Waals surface area contributed by atoms with Crippen molar-refractivity contribution < 1.29 is 13.7 Å². The first-order valence-electron chi connectivity index (χ1n) is 8.53. The molecule has 1 saturated carbocycles. The van der Waals surface area contributed by atoms with Crippen molar-refractivity contribution in [2.75, 3.05) is 6.54 Å². The van der Waals surface area contributed by atoms with Crippen LogP contribution in [0.25, 0.3) is 11.5 Å². The summed E-state index contributed by atoms with van der Waals surface area (Å²) in [7, 11) is 0. The third kappa shape index (κ3) is 2.54. The number of nitrogens with one attached hydrogen (secondary N) is 1. The van der Waals surface area contributed by atoms with E-state index in [1.165, 1.54) is 0 Å². The van der Waals surface area contributed by atoms with E-state index in [-0.39, 0.29) is 11.9 Å². The van der Waals surface area contributed by atoms with Crippen LogP contribution in [-0.2, 0) is 0 Å². The second kappa shape index (κ2) is 5.58. The van der Waals surface area contributed by atoms with Gasteiger partial charge < -0.3 is 13.8 Å². The number of hydrogen-bond donors (Lipinski definition) is 1. The Morgan fingerprint density at radius 3 is 3.04 bits per heavy atom. The maximum atomic E-state index is 12.9. The highest BCUT2D eigenvalue weighted by Crippen LogP contribution is 2.40. The van der Waals surface area contributed by atoms with Crippen molar-refractivity contribution in [3.8, 4) is 11.5 Å².